The zero-order valence-corrected chi connectivity index (χ0v) is 16.6. The number of hydrogen-bond acceptors (Lipinski definition) is 7. The van der Waals surface area contributed by atoms with E-state index in [-0.39, 0.29) is 23.7 Å². The fraction of sp³-hybridized carbons (Fsp3) is 0.474. The van der Waals surface area contributed by atoms with E-state index in [1.54, 1.807) is 11.1 Å². The van der Waals surface area contributed by atoms with Gasteiger partial charge in [-0.15, -0.1) is 0 Å². The van der Waals surface area contributed by atoms with Gasteiger partial charge in [-0.25, -0.2) is 13.6 Å². The third kappa shape index (κ3) is 3.90. The topological polar surface area (TPSA) is 94.9 Å². The Balaban J connectivity index is 1.44. The second-order valence-electron chi connectivity index (χ2n) is 7.60. The van der Waals surface area contributed by atoms with Crippen LogP contribution in [-0.2, 0) is 6.42 Å². The molecule has 3 aliphatic heterocycles. The molecule has 1 aromatic rings. The van der Waals surface area contributed by atoms with Crippen molar-refractivity contribution in [3.63, 3.8) is 0 Å². The maximum atomic E-state index is 14.6. The zero-order valence-electron chi connectivity index (χ0n) is 16.6. The van der Waals surface area contributed by atoms with E-state index >= 15 is 0 Å². The third-order valence-corrected chi connectivity index (χ3v) is 5.32. The standard InChI is InChI=1S/C19H24F2N6O3/c1-24-9-16-22-18(23-19(30)27(16)11-24)26-4-2-25(3-5-26)17-14(20)7-12(8-15(17)21)6-13(29)10-28/h7-9,13,28-29H,2-6,10-11H2,1H3,(H,22,23,30). The Bertz CT molecular complexity index is 877. The number of amides is 2. The minimum absolute atomic E-state index is 0.0278. The van der Waals surface area contributed by atoms with Crippen LogP contribution in [0.15, 0.2) is 29.1 Å². The minimum atomic E-state index is -1.06. The molecule has 3 N–H and O–H groups in total. The van der Waals surface area contributed by atoms with Crippen molar-refractivity contribution in [3.8, 4) is 0 Å². The van der Waals surface area contributed by atoms with Gasteiger partial charge in [0, 0.05) is 45.8 Å². The fourth-order valence-corrected chi connectivity index (χ4v) is 3.83. The van der Waals surface area contributed by atoms with E-state index < -0.39 is 24.3 Å². The first-order chi connectivity index (χ1) is 14.4. The fourth-order valence-electron chi connectivity index (χ4n) is 3.83. The highest BCUT2D eigenvalue weighted by atomic mass is 19.1. The summed E-state index contributed by atoms with van der Waals surface area (Å²) in [4.78, 5) is 23.7. The Morgan fingerprint density at radius 1 is 1.17 bits per heavy atom. The quantitative estimate of drug-likeness (QED) is 0.636. The molecular formula is C19H24F2N6O3. The molecule has 0 saturated carbocycles. The highest BCUT2D eigenvalue weighted by Gasteiger charge is 2.33. The van der Waals surface area contributed by atoms with Crippen molar-refractivity contribution in [1.82, 2.24) is 20.0 Å². The predicted octanol–water partition coefficient (Wildman–Crippen LogP) is 0.0655. The van der Waals surface area contributed by atoms with E-state index in [1.165, 1.54) is 17.0 Å². The number of urea groups is 1. The molecule has 0 radical (unpaired) electrons. The highest BCUT2D eigenvalue weighted by molar-refractivity contribution is 5.99. The largest absolute Gasteiger partial charge is 0.394 e. The molecule has 3 heterocycles. The summed E-state index contributed by atoms with van der Waals surface area (Å²) in [7, 11) is 1.85. The molecule has 1 unspecified atom stereocenters. The summed E-state index contributed by atoms with van der Waals surface area (Å²) in [6, 6.07) is 2.12. The average molecular weight is 422 g/mol. The summed E-state index contributed by atoms with van der Waals surface area (Å²) in [5, 5.41) is 21.2. The lowest BCUT2D eigenvalue weighted by Gasteiger charge is -2.39. The summed E-state index contributed by atoms with van der Waals surface area (Å²) < 4.78 is 29.2. The van der Waals surface area contributed by atoms with Crippen molar-refractivity contribution in [1.29, 1.82) is 0 Å². The van der Waals surface area contributed by atoms with Gasteiger partial charge in [0.05, 0.1) is 12.7 Å². The molecule has 0 aliphatic carbocycles. The van der Waals surface area contributed by atoms with Crippen molar-refractivity contribution in [2.24, 2.45) is 4.99 Å². The van der Waals surface area contributed by atoms with Crippen LogP contribution in [0.4, 0.5) is 19.3 Å². The smallest absolute Gasteiger partial charge is 0.331 e. The van der Waals surface area contributed by atoms with Crippen molar-refractivity contribution in [2.45, 2.75) is 12.5 Å². The number of fused-ring (bicyclic) bond motifs is 1. The molecule has 0 spiro atoms. The Labute approximate surface area is 172 Å². The van der Waals surface area contributed by atoms with Crippen LogP contribution in [0.5, 0.6) is 0 Å². The second kappa shape index (κ2) is 8.07. The van der Waals surface area contributed by atoms with Gasteiger partial charge in [0.1, 0.15) is 24.0 Å². The van der Waals surface area contributed by atoms with Gasteiger partial charge in [-0.3, -0.25) is 10.2 Å². The van der Waals surface area contributed by atoms with Gasteiger partial charge in [0.15, 0.2) is 5.82 Å². The number of aliphatic hydroxyl groups excluding tert-OH is 2. The number of carbonyl (C=O) groups is 1. The summed E-state index contributed by atoms with van der Waals surface area (Å²) >= 11 is 0. The number of nitrogens with one attached hydrogen (secondary N) is 1. The van der Waals surface area contributed by atoms with Crippen molar-refractivity contribution >= 4 is 17.7 Å². The number of aliphatic imine (C=N–C) groups is 1. The highest BCUT2D eigenvalue weighted by Crippen LogP contribution is 2.27. The lowest BCUT2D eigenvalue weighted by atomic mass is 10.1. The number of hydrogen-bond donors (Lipinski definition) is 3. The maximum absolute atomic E-state index is 14.6. The van der Waals surface area contributed by atoms with Gasteiger partial charge in [-0.1, -0.05) is 0 Å². The number of aliphatic hydroxyl groups is 2. The molecule has 11 heteroatoms. The van der Waals surface area contributed by atoms with E-state index in [4.69, 9.17) is 5.11 Å². The monoisotopic (exact) mass is 422 g/mol. The molecule has 3 aliphatic rings. The van der Waals surface area contributed by atoms with Gasteiger partial charge in [-0.2, -0.15) is 4.99 Å². The van der Waals surface area contributed by atoms with Crippen LogP contribution in [0.3, 0.4) is 0 Å². The summed E-state index contributed by atoms with van der Waals surface area (Å²) in [5.41, 5.74) is 0.172. The van der Waals surface area contributed by atoms with E-state index in [2.05, 4.69) is 10.3 Å². The Morgan fingerprint density at radius 3 is 2.43 bits per heavy atom. The second-order valence-corrected chi connectivity index (χ2v) is 7.60. The van der Waals surface area contributed by atoms with Gasteiger partial charge in [0.2, 0.25) is 5.96 Å². The minimum Gasteiger partial charge on any atom is -0.394 e. The molecule has 30 heavy (non-hydrogen) atoms. The van der Waals surface area contributed by atoms with E-state index in [0.29, 0.717) is 44.6 Å². The van der Waals surface area contributed by atoms with Gasteiger partial charge in [0.25, 0.3) is 0 Å². The molecule has 1 atom stereocenters. The first-order valence-corrected chi connectivity index (χ1v) is 9.71. The van der Waals surface area contributed by atoms with E-state index in [9.17, 15) is 18.7 Å². The van der Waals surface area contributed by atoms with Crippen LogP contribution >= 0.6 is 0 Å². The van der Waals surface area contributed by atoms with Gasteiger partial charge in [-0.05, 0) is 17.7 Å². The lowest BCUT2D eigenvalue weighted by Crippen LogP contribution is -2.57. The van der Waals surface area contributed by atoms with Crippen LogP contribution in [0.1, 0.15) is 5.56 Å². The third-order valence-electron chi connectivity index (χ3n) is 5.32. The number of guanidine groups is 1. The van der Waals surface area contributed by atoms with Crippen LogP contribution in [-0.4, -0.2) is 89.5 Å². The normalized spacial score (nSPS) is 20.1. The van der Waals surface area contributed by atoms with E-state index in [0.717, 1.165) is 0 Å². The summed E-state index contributed by atoms with van der Waals surface area (Å²) in [6.45, 7) is 1.54. The first kappa shape index (κ1) is 20.4. The molecular weight excluding hydrogens is 398 g/mol. The molecule has 0 aromatic heterocycles. The number of benzene rings is 1. The van der Waals surface area contributed by atoms with E-state index in [1.807, 2.05) is 16.8 Å². The molecule has 1 fully saturated rings. The van der Waals surface area contributed by atoms with Crippen LogP contribution < -0.4 is 10.2 Å². The Hall–Kier alpha value is -2.92. The summed E-state index contributed by atoms with van der Waals surface area (Å²) in [5.74, 6) is -0.411. The number of halogens is 2. The number of nitrogens with zero attached hydrogens (tertiary/aromatic N) is 5. The van der Waals surface area contributed by atoms with Crippen molar-refractivity contribution in [2.75, 3.05) is 51.4 Å². The zero-order chi connectivity index (χ0) is 21.4. The lowest BCUT2D eigenvalue weighted by molar-refractivity contribution is 0.0954. The van der Waals surface area contributed by atoms with Gasteiger partial charge < -0.3 is 24.9 Å². The van der Waals surface area contributed by atoms with Crippen molar-refractivity contribution in [3.05, 3.63) is 41.4 Å². The number of piperazine rings is 1. The van der Waals surface area contributed by atoms with Crippen LogP contribution in [0.25, 0.3) is 0 Å². The molecule has 4 rings (SSSR count). The molecule has 1 aromatic carbocycles. The number of carbonyl (C=O) groups excluding carboxylic acids is 1. The number of anilines is 1. The van der Waals surface area contributed by atoms with Gasteiger partial charge >= 0.3 is 6.03 Å². The molecule has 0 bridgehead atoms. The molecule has 162 valence electrons. The summed E-state index contributed by atoms with van der Waals surface area (Å²) in [6.07, 6.45) is 0.699. The SMILES string of the molecule is CN1C=C2N=C(N3CCN(c4c(F)cc(CC(O)CO)cc4F)CC3)NC(=O)N2C1. The maximum Gasteiger partial charge on any atom is 0.331 e. The van der Waals surface area contributed by atoms with Crippen LogP contribution in [0.2, 0.25) is 0 Å². The average Bonchev–Trinajstić information content (AvgIpc) is 3.09. The number of rotatable bonds is 4. The molecule has 2 amide bonds. The Kier molecular flexibility index (Phi) is 5.48. The van der Waals surface area contributed by atoms with Crippen LogP contribution in [0, 0.1) is 11.6 Å². The molecule has 1 saturated heterocycles. The Morgan fingerprint density at radius 2 is 1.80 bits per heavy atom. The molecule has 9 nitrogen and oxygen atoms in total. The predicted molar refractivity (Wildman–Crippen MR) is 105 cm³/mol. The van der Waals surface area contributed by atoms with Crippen molar-refractivity contribution < 1.29 is 23.8 Å². The first-order valence-electron chi connectivity index (χ1n) is 9.71.